The molecule has 3 rings (SSSR count). The molecule has 1 aromatic heterocycles. The molecule has 0 radical (unpaired) electrons. The van der Waals surface area contributed by atoms with Crippen molar-refractivity contribution in [2.24, 2.45) is 7.05 Å². The zero-order valence-corrected chi connectivity index (χ0v) is 20.2. The lowest BCUT2D eigenvalue weighted by Gasteiger charge is -2.19. The van der Waals surface area contributed by atoms with E-state index in [4.69, 9.17) is 30.5 Å². The first-order chi connectivity index (χ1) is 17.4. The van der Waals surface area contributed by atoms with Gasteiger partial charge in [0, 0.05) is 26.3 Å². The summed E-state index contributed by atoms with van der Waals surface area (Å²) in [5.74, 6) is -2.34. The number of halogens is 5. The fourth-order valence-corrected chi connectivity index (χ4v) is 3.34. The van der Waals surface area contributed by atoms with Crippen molar-refractivity contribution in [3.05, 3.63) is 79.8 Å². The van der Waals surface area contributed by atoms with Crippen LogP contribution < -0.4 is 20.7 Å². The SMILES string of the molecule is CCOC(=O)C(OC)Oc1ccccc1Oc1cc(-n2c(=O)cc(C(F)(F)F)n(C)c2=O)c(F)cc1Cl. The summed E-state index contributed by atoms with van der Waals surface area (Å²) >= 11 is 6.09. The minimum absolute atomic E-state index is 0.0213. The molecule has 1 heterocycles. The molecule has 0 saturated carbocycles. The van der Waals surface area contributed by atoms with Crippen LogP contribution in [0.15, 0.2) is 52.1 Å². The van der Waals surface area contributed by atoms with E-state index in [1.54, 1.807) is 13.0 Å². The van der Waals surface area contributed by atoms with Gasteiger partial charge in [-0.1, -0.05) is 23.7 Å². The first-order valence-electron chi connectivity index (χ1n) is 10.4. The van der Waals surface area contributed by atoms with Crippen LogP contribution in [0.25, 0.3) is 5.69 Å². The maximum Gasteiger partial charge on any atom is 0.431 e. The van der Waals surface area contributed by atoms with Crippen molar-refractivity contribution in [1.82, 2.24) is 9.13 Å². The van der Waals surface area contributed by atoms with Gasteiger partial charge in [0.15, 0.2) is 11.5 Å². The Kier molecular flexibility index (Phi) is 8.28. The fraction of sp³-hybridized carbons (Fsp3) is 0.261. The minimum atomic E-state index is -4.99. The van der Waals surface area contributed by atoms with Crippen molar-refractivity contribution in [3.63, 3.8) is 0 Å². The summed E-state index contributed by atoms with van der Waals surface area (Å²) in [6.07, 6.45) is -6.45. The van der Waals surface area contributed by atoms with E-state index < -0.39 is 46.9 Å². The number of aromatic nitrogens is 2. The fourth-order valence-electron chi connectivity index (χ4n) is 3.16. The number of para-hydroxylation sites is 2. The van der Waals surface area contributed by atoms with Crippen LogP contribution in [0.3, 0.4) is 0 Å². The number of rotatable bonds is 8. The van der Waals surface area contributed by atoms with E-state index in [-0.39, 0.29) is 44.1 Å². The molecule has 0 fully saturated rings. The molecule has 0 aliphatic heterocycles. The van der Waals surface area contributed by atoms with Gasteiger partial charge in [0.1, 0.15) is 17.3 Å². The maximum atomic E-state index is 14.8. The zero-order chi connectivity index (χ0) is 27.5. The second-order valence-corrected chi connectivity index (χ2v) is 7.67. The lowest BCUT2D eigenvalue weighted by Crippen LogP contribution is -2.41. The molecule has 1 atom stereocenters. The highest BCUT2D eigenvalue weighted by Crippen LogP contribution is 2.37. The Balaban J connectivity index is 2.07. The van der Waals surface area contributed by atoms with Crippen molar-refractivity contribution in [3.8, 4) is 22.9 Å². The van der Waals surface area contributed by atoms with Crippen LogP contribution in [0, 0.1) is 5.82 Å². The second-order valence-electron chi connectivity index (χ2n) is 7.26. The van der Waals surface area contributed by atoms with Crippen molar-refractivity contribution in [2.45, 2.75) is 19.4 Å². The van der Waals surface area contributed by atoms with Crippen LogP contribution in [0.4, 0.5) is 17.6 Å². The number of hydrogen-bond acceptors (Lipinski definition) is 7. The van der Waals surface area contributed by atoms with Crippen LogP contribution in [0.5, 0.6) is 17.2 Å². The minimum Gasteiger partial charge on any atom is -0.461 e. The lowest BCUT2D eigenvalue weighted by atomic mass is 10.2. The number of carbonyl (C=O) groups is 1. The van der Waals surface area contributed by atoms with E-state index in [1.807, 2.05) is 0 Å². The number of nitrogens with zero attached hydrogens (tertiary/aromatic N) is 2. The molecule has 37 heavy (non-hydrogen) atoms. The van der Waals surface area contributed by atoms with E-state index in [0.29, 0.717) is 0 Å². The summed E-state index contributed by atoms with van der Waals surface area (Å²) in [4.78, 5) is 37.0. The normalized spacial score (nSPS) is 12.2. The Morgan fingerprint density at radius 1 is 1.08 bits per heavy atom. The Hall–Kier alpha value is -3.84. The molecular weight excluding hydrogens is 528 g/mol. The van der Waals surface area contributed by atoms with E-state index in [2.05, 4.69) is 0 Å². The van der Waals surface area contributed by atoms with Crippen molar-refractivity contribution < 1.29 is 41.3 Å². The molecule has 2 aromatic carbocycles. The van der Waals surface area contributed by atoms with Gasteiger partial charge in [0.2, 0.25) is 0 Å². The van der Waals surface area contributed by atoms with Crippen molar-refractivity contribution >= 4 is 17.6 Å². The summed E-state index contributed by atoms with van der Waals surface area (Å²) in [7, 11) is 1.99. The van der Waals surface area contributed by atoms with Gasteiger partial charge in [-0.25, -0.2) is 18.5 Å². The molecule has 0 bridgehead atoms. The molecule has 9 nitrogen and oxygen atoms in total. The Morgan fingerprint density at radius 2 is 1.73 bits per heavy atom. The van der Waals surface area contributed by atoms with Gasteiger partial charge in [-0.05, 0) is 25.1 Å². The highest BCUT2D eigenvalue weighted by Gasteiger charge is 2.35. The average molecular weight is 547 g/mol. The summed E-state index contributed by atoms with van der Waals surface area (Å²) in [6, 6.07) is 7.63. The molecule has 198 valence electrons. The van der Waals surface area contributed by atoms with Crippen molar-refractivity contribution in [2.75, 3.05) is 13.7 Å². The number of ether oxygens (including phenoxy) is 4. The molecule has 0 aliphatic rings. The van der Waals surface area contributed by atoms with Gasteiger partial charge in [-0.2, -0.15) is 13.2 Å². The summed E-state index contributed by atoms with van der Waals surface area (Å²) in [5, 5.41) is -0.304. The monoisotopic (exact) mass is 546 g/mol. The van der Waals surface area contributed by atoms with Crippen LogP contribution in [0.1, 0.15) is 12.6 Å². The Morgan fingerprint density at radius 3 is 2.32 bits per heavy atom. The lowest BCUT2D eigenvalue weighted by molar-refractivity contribution is -0.172. The molecule has 0 saturated heterocycles. The van der Waals surface area contributed by atoms with Crippen LogP contribution >= 0.6 is 11.6 Å². The van der Waals surface area contributed by atoms with Gasteiger partial charge in [0.25, 0.3) is 11.8 Å². The smallest absolute Gasteiger partial charge is 0.431 e. The number of methoxy groups -OCH3 is 1. The number of benzene rings is 2. The molecule has 0 N–H and O–H groups in total. The third kappa shape index (κ3) is 5.94. The van der Waals surface area contributed by atoms with Crippen LogP contribution in [0.2, 0.25) is 5.02 Å². The molecule has 3 aromatic rings. The third-order valence-electron chi connectivity index (χ3n) is 4.85. The second kappa shape index (κ2) is 11.0. The largest absolute Gasteiger partial charge is 0.461 e. The number of esters is 1. The standard InChI is InChI=1S/C23H19ClF4N2O7/c1-4-35-20(32)21(34-3)37-16-8-6-5-7-15(16)36-17-10-14(13(25)9-12(17)24)30-19(31)11-18(23(26,27)28)29(2)22(30)33/h5-11,21H,4H2,1-3H3. The zero-order valence-electron chi connectivity index (χ0n) is 19.5. The first kappa shape index (κ1) is 27.7. The molecular formula is C23H19ClF4N2O7. The summed E-state index contributed by atoms with van der Waals surface area (Å²) < 4.78 is 75.7. The Labute approximate surface area is 211 Å². The quantitative estimate of drug-likeness (QED) is 0.239. The predicted molar refractivity (Wildman–Crippen MR) is 122 cm³/mol. The van der Waals surface area contributed by atoms with E-state index in [1.165, 1.54) is 25.3 Å². The Bertz CT molecular complexity index is 1440. The molecule has 1 unspecified atom stereocenters. The van der Waals surface area contributed by atoms with Gasteiger partial charge in [-0.3, -0.25) is 9.36 Å². The number of carbonyl (C=O) groups excluding carboxylic acids is 1. The predicted octanol–water partition coefficient (Wildman–Crippen LogP) is 4.05. The molecule has 0 spiro atoms. The highest BCUT2D eigenvalue weighted by molar-refractivity contribution is 6.32. The first-order valence-corrected chi connectivity index (χ1v) is 10.8. The maximum absolute atomic E-state index is 14.8. The van der Waals surface area contributed by atoms with Gasteiger partial charge in [-0.15, -0.1) is 0 Å². The number of alkyl halides is 3. The van der Waals surface area contributed by atoms with Crippen molar-refractivity contribution in [1.29, 1.82) is 0 Å². The van der Waals surface area contributed by atoms with Gasteiger partial charge >= 0.3 is 17.8 Å². The topological polar surface area (TPSA) is 98.0 Å². The highest BCUT2D eigenvalue weighted by atomic mass is 35.5. The van der Waals surface area contributed by atoms with Gasteiger partial charge < -0.3 is 18.9 Å². The van der Waals surface area contributed by atoms with E-state index in [9.17, 15) is 31.9 Å². The van der Waals surface area contributed by atoms with E-state index in [0.717, 1.165) is 19.2 Å². The van der Waals surface area contributed by atoms with Gasteiger partial charge in [0.05, 0.1) is 17.3 Å². The molecule has 14 heteroatoms. The summed E-state index contributed by atoms with van der Waals surface area (Å²) in [5.41, 5.74) is -5.10. The molecule has 0 amide bonds. The summed E-state index contributed by atoms with van der Waals surface area (Å²) in [6.45, 7) is 1.65. The third-order valence-corrected chi connectivity index (χ3v) is 5.14. The van der Waals surface area contributed by atoms with Crippen LogP contribution in [-0.4, -0.2) is 35.1 Å². The average Bonchev–Trinajstić information content (AvgIpc) is 2.82. The van der Waals surface area contributed by atoms with E-state index >= 15 is 0 Å². The van der Waals surface area contributed by atoms with Crippen LogP contribution in [-0.2, 0) is 27.5 Å². The molecule has 0 aliphatic carbocycles. The number of hydrogen-bond donors (Lipinski definition) is 0.